The van der Waals surface area contributed by atoms with Gasteiger partial charge in [0.1, 0.15) is 0 Å². The second kappa shape index (κ2) is 6.53. The largest absolute Gasteiger partial charge is 0.284 e. The molecule has 0 saturated carbocycles. The molecule has 1 amide bonds. The van der Waals surface area contributed by atoms with Crippen molar-refractivity contribution >= 4 is 30.1 Å². The number of nitro groups is 1. The van der Waals surface area contributed by atoms with E-state index in [9.17, 15) is 14.9 Å². The van der Waals surface area contributed by atoms with Gasteiger partial charge in [-0.15, -0.1) is 0 Å². The van der Waals surface area contributed by atoms with Crippen LogP contribution in [0.3, 0.4) is 0 Å². The molecule has 2 aromatic rings. The Morgan fingerprint density at radius 2 is 1.86 bits per heavy atom. The molecule has 0 aliphatic rings. The SMILES string of the molecule is C=NC(=O)c1cc([N+](=O)[O-])c(Sc2ccc(C)cc2)cc1C. The number of hydrogen-bond acceptors (Lipinski definition) is 4. The van der Waals surface area contributed by atoms with E-state index >= 15 is 0 Å². The van der Waals surface area contributed by atoms with Gasteiger partial charge in [0.2, 0.25) is 0 Å². The van der Waals surface area contributed by atoms with E-state index in [0.717, 1.165) is 10.5 Å². The van der Waals surface area contributed by atoms with Crippen molar-refractivity contribution in [2.24, 2.45) is 4.99 Å². The molecule has 0 aromatic heterocycles. The summed E-state index contributed by atoms with van der Waals surface area (Å²) in [6.45, 7) is 6.88. The monoisotopic (exact) mass is 314 g/mol. The summed E-state index contributed by atoms with van der Waals surface area (Å²) in [5.41, 5.74) is 1.85. The topological polar surface area (TPSA) is 72.6 Å². The molecule has 112 valence electrons. The van der Waals surface area contributed by atoms with E-state index in [2.05, 4.69) is 11.7 Å². The molecular formula is C16H14N2O3S. The van der Waals surface area contributed by atoms with Crippen LogP contribution >= 0.6 is 11.8 Å². The number of nitro benzene ring substituents is 1. The number of rotatable bonds is 4. The highest BCUT2D eigenvalue weighted by Crippen LogP contribution is 2.36. The zero-order valence-corrected chi connectivity index (χ0v) is 13.0. The number of benzene rings is 2. The Morgan fingerprint density at radius 1 is 1.23 bits per heavy atom. The van der Waals surface area contributed by atoms with Crippen molar-refractivity contribution in [1.82, 2.24) is 0 Å². The van der Waals surface area contributed by atoms with Gasteiger partial charge in [0.15, 0.2) is 0 Å². The third-order valence-electron chi connectivity index (χ3n) is 3.13. The maximum Gasteiger partial charge on any atom is 0.284 e. The molecule has 0 bridgehead atoms. The highest BCUT2D eigenvalue weighted by atomic mass is 32.2. The van der Waals surface area contributed by atoms with E-state index in [1.54, 1.807) is 13.0 Å². The number of aliphatic imine (C=N–C) groups is 1. The van der Waals surface area contributed by atoms with Gasteiger partial charge in [-0.1, -0.05) is 29.5 Å². The first kappa shape index (κ1) is 15.9. The number of nitrogens with zero attached hydrogens (tertiary/aromatic N) is 2. The van der Waals surface area contributed by atoms with Crippen LogP contribution in [-0.2, 0) is 0 Å². The van der Waals surface area contributed by atoms with Crippen LogP contribution in [0.15, 0.2) is 51.2 Å². The zero-order chi connectivity index (χ0) is 16.3. The lowest BCUT2D eigenvalue weighted by molar-refractivity contribution is -0.387. The Balaban J connectivity index is 2.48. The van der Waals surface area contributed by atoms with Gasteiger partial charge in [0, 0.05) is 11.0 Å². The first-order valence-electron chi connectivity index (χ1n) is 6.47. The third kappa shape index (κ3) is 3.40. The van der Waals surface area contributed by atoms with Crippen LogP contribution in [0.2, 0.25) is 0 Å². The summed E-state index contributed by atoms with van der Waals surface area (Å²) in [5, 5.41) is 11.3. The van der Waals surface area contributed by atoms with Crippen LogP contribution in [0.25, 0.3) is 0 Å². The fourth-order valence-corrected chi connectivity index (χ4v) is 2.94. The second-order valence-corrected chi connectivity index (χ2v) is 5.89. The summed E-state index contributed by atoms with van der Waals surface area (Å²) in [7, 11) is 0. The van der Waals surface area contributed by atoms with Crippen LogP contribution in [0.5, 0.6) is 0 Å². The number of aryl methyl sites for hydroxylation is 2. The van der Waals surface area contributed by atoms with Gasteiger partial charge in [-0.05, 0) is 44.3 Å². The van der Waals surface area contributed by atoms with Crippen LogP contribution in [0.1, 0.15) is 21.5 Å². The molecule has 22 heavy (non-hydrogen) atoms. The van der Waals surface area contributed by atoms with Gasteiger partial charge in [-0.25, -0.2) is 4.99 Å². The highest BCUT2D eigenvalue weighted by Gasteiger charge is 2.20. The van der Waals surface area contributed by atoms with Crippen LogP contribution in [0, 0.1) is 24.0 Å². The highest BCUT2D eigenvalue weighted by molar-refractivity contribution is 7.99. The normalized spacial score (nSPS) is 10.3. The fourth-order valence-electron chi connectivity index (χ4n) is 1.94. The lowest BCUT2D eigenvalue weighted by atomic mass is 10.1. The third-order valence-corrected chi connectivity index (χ3v) is 4.18. The second-order valence-electron chi connectivity index (χ2n) is 4.77. The minimum Gasteiger partial charge on any atom is -0.267 e. The van der Waals surface area contributed by atoms with E-state index in [0.29, 0.717) is 10.5 Å². The molecule has 2 aromatic carbocycles. The molecule has 2 rings (SSSR count). The molecule has 6 heteroatoms. The summed E-state index contributed by atoms with van der Waals surface area (Å²) in [5.74, 6) is -0.563. The van der Waals surface area contributed by atoms with Gasteiger partial charge < -0.3 is 0 Å². The number of carbonyl (C=O) groups is 1. The summed E-state index contributed by atoms with van der Waals surface area (Å²) in [4.78, 5) is 27.2. The van der Waals surface area contributed by atoms with Crippen molar-refractivity contribution in [3.63, 3.8) is 0 Å². The molecule has 5 nitrogen and oxygen atoms in total. The number of carbonyl (C=O) groups excluding carboxylic acids is 1. The predicted octanol–water partition coefficient (Wildman–Crippen LogP) is 4.20. The van der Waals surface area contributed by atoms with Crippen molar-refractivity contribution in [3.8, 4) is 0 Å². The van der Waals surface area contributed by atoms with Crippen LogP contribution < -0.4 is 0 Å². The maximum atomic E-state index is 11.7. The summed E-state index contributed by atoms with van der Waals surface area (Å²) < 4.78 is 0. The quantitative estimate of drug-likeness (QED) is 0.481. The lowest BCUT2D eigenvalue weighted by Gasteiger charge is -2.07. The van der Waals surface area contributed by atoms with Gasteiger partial charge in [0.25, 0.3) is 11.6 Å². The van der Waals surface area contributed by atoms with Crippen LogP contribution in [0.4, 0.5) is 5.69 Å². The first-order valence-corrected chi connectivity index (χ1v) is 7.28. The van der Waals surface area contributed by atoms with Crippen LogP contribution in [-0.4, -0.2) is 17.5 Å². The molecule has 0 heterocycles. The van der Waals surface area contributed by atoms with Crippen molar-refractivity contribution in [3.05, 3.63) is 63.2 Å². The smallest absolute Gasteiger partial charge is 0.267 e. The fraction of sp³-hybridized carbons (Fsp3) is 0.125. The minimum atomic E-state index is -0.563. The number of amides is 1. The summed E-state index contributed by atoms with van der Waals surface area (Å²) >= 11 is 1.29. The molecule has 0 unspecified atom stereocenters. The zero-order valence-electron chi connectivity index (χ0n) is 12.2. The Morgan fingerprint density at radius 3 is 2.41 bits per heavy atom. The Labute approximate surface area is 132 Å². The maximum absolute atomic E-state index is 11.7. The standard InChI is InChI=1S/C16H14N2O3S/c1-10-4-6-12(7-5-10)22-15-8-11(2)13(16(19)17-3)9-14(15)18(20)21/h4-9H,3H2,1-2H3. The van der Waals surface area contributed by atoms with E-state index in [1.165, 1.54) is 17.8 Å². The minimum absolute atomic E-state index is 0.108. The van der Waals surface area contributed by atoms with Gasteiger partial charge in [-0.2, -0.15) is 0 Å². The van der Waals surface area contributed by atoms with Crippen molar-refractivity contribution in [2.45, 2.75) is 23.6 Å². The molecule has 0 aliphatic carbocycles. The summed E-state index contributed by atoms with van der Waals surface area (Å²) in [6.07, 6.45) is 0. The molecule has 0 fully saturated rings. The van der Waals surface area contributed by atoms with E-state index < -0.39 is 10.8 Å². The summed E-state index contributed by atoms with van der Waals surface area (Å²) in [6, 6.07) is 10.6. The van der Waals surface area contributed by atoms with Crippen molar-refractivity contribution in [1.29, 1.82) is 0 Å². The lowest BCUT2D eigenvalue weighted by Crippen LogP contribution is -2.01. The molecule has 0 saturated heterocycles. The van der Waals surface area contributed by atoms with E-state index in [1.807, 2.05) is 31.2 Å². The molecule has 0 spiro atoms. The molecule has 0 N–H and O–H groups in total. The van der Waals surface area contributed by atoms with E-state index in [-0.39, 0.29) is 11.3 Å². The average molecular weight is 314 g/mol. The first-order chi connectivity index (χ1) is 10.4. The van der Waals surface area contributed by atoms with Crippen molar-refractivity contribution < 1.29 is 9.72 Å². The average Bonchev–Trinajstić information content (AvgIpc) is 2.48. The van der Waals surface area contributed by atoms with E-state index in [4.69, 9.17) is 0 Å². The van der Waals surface area contributed by atoms with Gasteiger partial charge in [0.05, 0.1) is 15.4 Å². The molecular weight excluding hydrogens is 300 g/mol. The molecule has 0 atom stereocenters. The van der Waals surface area contributed by atoms with Gasteiger partial charge in [-0.3, -0.25) is 14.9 Å². The Kier molecular flexibility index (Phi) is 4.72. The Bertz CT molecular complexity index is 755. The van der Waals surface area contributed by atoms with Crippen molar-refractivity contribution in [2.75, 3.05) is 0 Å². The number of hydrogen-bond donors (Lipinski definition) is 0. The predicted molar refractivity (Wildman–Crippen MR) is 87.0 cm³/mol. The molecule has 0 radical (unpaired) electrons. The molecule has 0 aliphatic heterocycles. The Hall–Kier alpha value is -2.47. The van der Waals surface area contributed by atoms with Gasteiger partial charge >= 0.3 is 0 Å².